The predicted octanol–water partition coefficient (Wildman–Crippen LogP) is 2.92. The lowest BCUT2D eigenvalue weighted by atomic mass is 10.0. The van der Waals surface area contributed by atoms with Crippen molar-refractivity contribution in [2.45, 2.75) is 25.9 Å². The van der Waals surface area contributed by atoms with Crippen molar-refractivity contribution in [3.05, 3.63) is 46.2 Å². The van der Waals surface area contributed by atoms with Gasteiger partial charge in [0.15, 0.2) is 5.75 Å². The van der Waals surface area contributed by atoms with Gasteiger partial charge in [-0.3, -0.25) is 4.68 Å². The van der Waals surface area contributed by atoms with Gasteiger partial charge in [0.25, 0.3) is 0 Å². The molecule has 0 aliphatic heterocycles. The van der Waals surface area contributed by atoms with E-state index >= 15 is 0 Å². The Labute approximate surface area is 121 Å². The summed E-state index contributed by atoms with van der Waals surface area (Å²) in [7, 11) is 1.64. The van der Waals surface area contributed by atoms with Crippen LogP contribution in [0.3, 0.4) is 0 Å². The standard InChI is InChI=1S/C14H18BrN3O/c1-3-18-14(13(19-2)9-17-18)12(16)8-10-6-4-5-7-11(10)15/h4-7,9,12H,3,8,16H2,1-2H3. The minimum Gasteiger partial charge on any atom is -0.493 e. The molecular weight excluding hydrogens is 306 g/mol. The van der Waals surface area contributed by atoms with E-state index in [9.17, 15) is 0 Å². The van der Waals surface area contributed by atoms with Gasteiger partial charge < -0.3 is 10.5 Å². The second kappa shape index (κ2) is 6.21. The van der Waals surface area contributed by atoms with Crippen molar-refractivity contribution in [3.8, 4) is 5.75 Å². The van der Waals surface area contributed by atoms with Crippen molar-refractivity contribution in [1.29, 1.82) is 0 Å². The molecule has 0 aliphatic carbocycles. The average molecular weight is 324 g/mol. The highest BCUT2D eigenvalue weighted by atomic mass is 79.9. The third-order valence-electron chi connectivity index (χ3n) is 3.11. The monoisotopic (exact) mass is 323 g/mol. The van der Waals surface area contributed by atoms with Gasteiger partial charge in [0.05, 0.1) is 25.0 Å². The molecule has 1 aromatic heterocycles. The Hall–Kier alpha value is -1.33. The first-order valence-corrected chi connectivity index (χ1v) is 7.05. The van der Waals surface area contributed by atoms with Crippen LogP contribution in [0.1, 0.15) is 24.2 Å². The first-order valence-electron chi connectivity index (χ1n) is 6.26. The summed E-state index contributed by atoms with van der Waals surface area (Å²) in [6, 6.07) is 7.97. The number of nitrogens with zero attached hydrogens (tertiary/aromatic N) is 2. The molecule has 2 N–H and O–H groups in total. The van der Waals surface area contributed by atoms with Crippen LogP contribution in [-0.4, -0.2) is 16.9 Å². The number of halogens is 1. The Morgan fingerprint density at radius 1 is 1.42 bits per heavy atom. The van der Waals surface area contributed by atoms with Crippen molar-refractivity contribution < 1.29 is 4.74 Å². The molecule has 1 unspecified atom stereocenters. The van der Waals surface area contributed by atoms with Gasteiger partial charge in [0.1, 0.15) is 0 Å². The van der Waals surface area contributed by atoms with Gasteiger partial charge in [-0.05, 0) is 25.0 Å². The summed E-state index contributed by atoms with van der Waals surface area (Å²) in [6.45, 7) is 2.82. The SMILES string of the molecule is CCn1ncc(OC)c1C(N)Cc1ccccc1Br. The molecule has 2 aromatic rings. The highest BCUT2D eigenvalue weighted by Gasteiger charge is 2.19. The van der Waals surface area contributed by atoms with Gasteiger partial charge in [0.2, 0.25) is 0 Å². The summed E-state index contributed by atoms with van der Waals surface area (Å²) in [5, 5.41) is 4.29. The highest BCUT2D eigenvalue weighted by molar-refractivity contribution is 9.10. The molecule has 0 saturated heterocycles. The smallest absolute Gasteiger partial charge is 0.161 e. The van der Waals surface area contributed by atoms with Crippen molar-refractivity contribution in [1.82, 2.24) is 9.78 Å². The number of benzene rings is 1. The Morgan fingerprint density at radius 3 is 2.79 bits per heavy atom. The summed E-state index contributed by atoms with van der Waals surface area (Å²) in [4.78, 5) is 0. The maximum Gasteiger partial charge on any atom is 0.161 e. The molecule has 4 nitrogen and oxygen atoms in total. The van der Waals surface area contributed by atoms with E-state index in [0.29, 0.717) is 0 Å². The molecule has 0 saturated carbocycles. The zero-order valence-electron chi connectivity index (χ0n) is 11.1. The van der Waals surface area contributed by atoms with E-state index in [2.05, 4.69) is 27.1 Å². The lowest BCUT2D eigenvalue weighted by molar-refractivity contribution is 0.401. The fraction of sp³-hybridized carbons (Fsp3) is 0.357. The highest BCUT2D eigenvalue weighted by Crippen LogP contribution is 2.28. The molecule has 0 bridgehead atoms. The van der Waals surface area contributed by atoms with Crippen LogP contribution in [-0.2, 0) is 13.0 Å². The van der Waals surface area contributed by atoms with Gasteiger partial charge in [-0.25, -0.2) is 0 Å². The zero-order chi connectivity index (χ0) is 13.8. The second-order valence-electron chi connectivity index (χ2n) is 4.32. The van der Waals surface area contributed by atoms with Crippen molar-refractivity contribution >= 4 is 15.9 Å². The quantitative estimate of drug-likeness (QED) is 0.920. The summed E-state index contributed by atoms with van der Waals surface area (Å²) in [5.41, 5.74) is 8.46. The van der Waals surface area contributed by atoms with E-state index in [4.69, 9.17) is 10.5 Å². The number of ether oxygens (including phenoxy) is 1. The Morgan fingerprint density at radius 2 is 2.16 bits per heavy atom. The second-order valence-corrected chi connectivity index (χ2v) is 5.17. The minimum absolute atomic E-state index is 0.143. The van der Waals surface area contributed by atoms with E-state index < -0.39 is 0 Å². The number of hydrogen-bond acceptors (Lipinski definition) is 3. The van der Waals surface area contributed by atoms with Crippen LogP contribution in [0.15, 0.2) is 34.9 Å². The minimum atomic E-state index is -0.143. The van der Waals surface area contributed by atoms with Crippen LogP contribution in [0, 0.1) is 0 Å². The molecule has 0 amide bonds. The molecule has 5 heteroatoms. The number of hydrogen-bond donors (Lipinski definition) is 1. The summed E-state index contributed by atoms with van der Waals surface area (Å²) in [5.74, 6) is 0.751. The van der Waals surface area contributed by atoms with Crippen molar-refractivity contribution in [2.75, 3.05) is 7.11 Å². The third kappa shape index (κ3) is 2.98. The summed E-state index contributed by atoms with van der Waals surface area (Å²) >= 11 is 3.55. The van der Waals surface area contributed by atoms with E-state index in [0.717, 1.165) is 28.9 Å². The largest absolute Gasteiger partial charge is 0.493 e. The maximum absolute atomic E-state index is 6.33. The molecule has 0 spiro atoms. The first-order chi connectivity index (χ1) is 9.17. The van der Waals surface area contributed by atoms with Crippen molar-refractivity contribution in [3.63, 3.8) is 0 Å². The first kappa shape index (κ1) is 14.1. The predicted molar refractivity (Wildman–Crippen MR) is 79.2 cm³/mol. The molecule has 2 rings (SSSR count). The van der Waals surface area contributed by atoms with Gasteiger partial charge >= 0.3 is 0 Å². The van der Waals surface area contributed by atoms with E-state index in [1.807, 2.05) is 29.8 Å². The summed E-state index contributed by atoms with van der Waals surface area (Å²) < 4.78 is 8.31. The topological polar surface area (TPSA) is 53.1 Å². The van der Waals surface area contributed by atoms with E-state index in [1.165, 1.54) is 5.56 Å². The fourth-order valence-corrected chi connectivity index (χ4v) is 2.61. The van der Waals surface area contributed by atoms with Crippen LogP contribution in [0.4, 0.5) is 0 Å². The van der Waals surface area contributed by atoms with Crippen LogP contribution in [0.25, 0.3) is 0 Å². The number of rotatable bonds is 5. The lowest BCUT2D eigenvalue weighted by Crippen LogP contribution is -2.19. The molecule has 0 fully saturated rings. The van der Waals surface area contributed by atoms with E-state index in [1.54, 1.807) is 13.3 Å². The fourth-order valence-electron chi connectivity index (χ4n) is 2.16. The Kier molecular flexibility index (Phi) is 4.61. The van der Waals surface area contributed by atoms with Gasteiger partial charge in [-0.2, -0.15) is 5.10 Å². The normalized spacial score (nSPS) is 12.4. The number of methoxy groups -OCH3 is 1. The molecule has 102 valence electrons. The van der Waals surface area contributed by atoms with Crippen molar-refractivity contribution in [2.24, 2.45) is 5.73 Å². The number of aromatic nitrogens is 2. The molecule has 1 heterocycles. The molecular formula is C14H18BrN3O. The maximum atomic E-state index is 6.33. The third-order valence-corrected chi connectivity index (χ3v) is 3.89. The number of aryl methyl sites for hydroxylation is 1. The molecule has 1 aromatic carbocycles. The average Bonchev–Trinajstić information content (AvgIpc) is 2.84. The lowest BCUT2D eigenvalue weighted by Gasteiger charge is -2.16. The molecule has 0 radical (unpaired) electrons. The van der Waals surface area contributed by atoms with Gasteiger partial charge in [-0.1, -0.05) is 34.1 Å². The van der Waals surface area contributed by atoms with Crippen LogP contribution in [0.2, 0.25) is 0 Å². The molecule has 1 atom stereocenters. The zero-order valence-corrected chi connectivity index (χ0v) is 12.7. The van der Waals surface area contributed by atoms with Crippen LogP contribution in [0.5, 0.6) is 5.75 Å². The number of nitrogens with two attached hydrogens (primary N) is 1. The molecule has 0 aliphatic rings. The Bertz CT molecular complexity index is 532. The van der Waals surface area contributed by atoms with E-state index in [-0.39, 0.29) is 6.04 Å². The summed E-state index contributed by atoms with van der Waals surface area (Å²) in [6.07, 6.45) is 2.46. The Balaban J connectivity index is 2.27. The van der Waals surface area contributed by atoms with Gasteiger partial charge in [-0.15, -0.1) is 0 Å². The van der Waals surface area contributed by atoms with Crippen LogP contribution >= 0.6 is 15.9 Å². The van der Waals surface area contributed by atoms with Gasteiger partial charge in [0, 0.05) is 11.0 Å². The van der Waals surface area contributed by atoms with Crippen LogP contribution < -0.4 is 10.5 Å². The molecule has 19 heavy (non-hydrogen) atoms.